The number of aromatic nitrogens is 1. The van der Waals surface area contributed by atoms with Crippen molar-refractivity contribution in [2.24, 2.45) is 0 Å². The van der Waals surface area contributed by atoms with E-state index in [-0.39, 0.29) is 0 Å². The third-order valence-electron chi connectivity index (χ3n) is 2.19. The van der Waals surface area contributed by atoms with Crippen molar-refractivity contribution < 1.29 is 4.74 Å². The van der Waals surface area contributed by atoms with Crippen LogP contribution in [-0.2, 0) is 4.74 Å². The van der Waals surface area contributed by atoms with Gasteiger partial charge >= 0.3 is 0 Å². The van der Waals surface area contributed by atoms with Crippen molar-refractivity contribution in [3.8, 4) is 0 Å². The molecule has 0 aliphatic carbocycles. The largest absolute Gasteiger partial charge is 0.383 e. The van der Waals surface area contributed by atoms with Crippen LogP contribution in [-0.4, -0.2) is 31.3 Å². The van der Waals surface area contributed by atoms with Gasteiger partial charge < -0.3 is 15.4 Å². The Labute approximate surface area is 96.6 Å². The van der Waals surface area contributed by atoms with Crippen LogP contribution in [0.5, 0.6) is 0 Å². The number of morpholine rings is 1. The van der Waals surface area contributed by atoms with Crippen molar-refractivity contribution in [1.29, 1.82) is 0 Å². The average Bonchev–Trinajstić information content (AvgIpc) is 2.23. The molecule has 1 aromatic rings. The molecule has 2 N–H and O–H groups in total. The van der Waals surface area contributed by atoms with Gasteiger partial charge in [-0.2, -0.15) is 0 Å². The van der Waals surface area contributed by atoms with Gasteiger partial charge in [0, 0.05) is 13.1 Å². The average molecular weight is 305 g/mol. The Kier molecular flexibility index (Phi) is 3.07. The van der Waals surface area contributed by atoms with Crippen molar-refractivity contribution in [1.82, 2.24) is 4.98 Å². The molecule has 0 unspecified atom stereocenters. The van der Waals surface area contributed by atoms with Crippen LogP contribution in [0.25, 0.3) is 0 Å². The maximum absolute atomic E-state index is 5.75. The van der Waals surface area contributed by atoms with Gasteiger partial charge in [-0.3, -0.25) is 0 Å². The number of nitrogen functional groups attached to an aromatic ring is 1. The Morgan fingerprint density at radius 3 is 2.71 bits per heavy atom. The fourth-order valence-electron chi connectivity index (χ4n) is 1.42. The fraction of sp³-hybridized carbons (Fsp3) is 0.444. The summed E-state index contributed by atoms with van der Waals surface area (Å²) < 4.78 is 6.27. The highest BCUT2D eigenvalue weighted by atomic mass is 127. The Morgan fingerprint density at radius 2 is 2.07 bits per heavy atom. The van der Waals surface area contributed by atoms with E-state index in [1.54, 1.807) is 0 Å². The molecule has 14 heavy (non-hydrogen) atoms. The molecule has 0 bridgehead atoms. The lowest BCUT2D eigenvalue weighted by molar-refractivity contribution is 0.122. The van der Waals surface area contributed by atoms with Crippen molar-refractivity contribution in [2.75, 3.05) is 36.9 Å². The highest BCUT2D eigenvalue weighted by Gasteiger charge is 2.12. The predicted octanol–water partition coefficient (Wildman–Crippen LogP) is 1.10. The van der Waals surface area contributed by atoms with Crippen LogP contribution < -0.4 is 10.6 Å². The molecule has 0 spiro atoms. The third-order valence-corrected chi connectivity index (χ3v) is 3.11. The first-order chi connectivity index (χ1) is 6.77. The van der Waals surface area contributed by atoms with E-state index in [0.717, 1.165) is 35.7 Å². The monoisotopic (exact) mass is 305 g/mol. The van der Waals surface area contributed by atoms with Crippen LogP contribution in [0.15, 0.2) is 12.1 Å². The standard InChI is InChI=1S/C9H12IN3O/c10-7-1-2-8(12-9(7)11)13-3-5-14-6-4-13/h1-2H,3-6H2,(H2,11,12). The Bertz CT molecular complexity index is 326. The summed E-state index contributed by atoms with van der Waals surface area (Å²) in [4.78, 5) is 6.53. The second kappa shape index (κ2) is 4.31. The summed E-state index contributed by atoms with van der Waals surface area (Å²) in [6.07, 6.45) is 0. The van der Waals surface area contributed by atoms with Gasteiger partial charge in [0.25, 0.3) is 0 Å². The van der Waals surface area contributed by atoms with Gasteiger partial charge in [0.1, 0.15) is 11.6 Å². The van der Waals surface area contributed by atoms with Crippen LogP contribution >= 0.6 is 22.6 Å². The minimum absolute atomic E-state index is 0.606. The first kappa shape index (κ1) is 9.97. The number of halogens is 1. The topological polar surface area (TPSA) is 51.4 Å². The molecule has 1 saturated heterocycles. The van der Waals surface area contributed by atoms with Gasteiger partial charge in [-0.1, -0.05) is 0 Å². The molecule has 1 aromatic heterocycles. The number of rotatable bonds is 1. The molecule has 1 fully saturated rings. The highest BCUT2D eigenvalue weighted by molar-refractivity contribution is 14.1. The van der Waals surface area contributed by atoms with Crippen molar-refractivity contribution in [3.63, 3.8) is 0 Å². The van der Waals surface area contributed by atoms with E-state index in [2.05, 4.69) is 32.5 Å². The van der Waals surface area contributed by atoms with Crippen molar-refractivity contribution >= 4 is 34.2 Å². The second-order valence-corrected chi connectivity index (χ2v) is 4.30. The summed E-state index contributed by atoms with van der Waals surface area (Å²) in [5.74, 6) is 1.56. The van der Waals surface area contributed by atoms with E-state index in [9.17, 15) is 0 Å². The van der Waals surface area contributed by atoms with Crippen LogP contribution in [0.2, 0.25) is 0 Å². The van der Waals surface area contributed by atoms with Crippen molar-refractivity contribution in [2.45, 2.75) is 0 Å². The lowest BCUT2D eigenvalue weighted by Crippen LogP contribution is -2.36. The van der Waals surface area contributed by atoms with E-state index in [1.165, 1.54) is 0 Å². The van der Waals surface area contributed by atoms with Gasteiger partial charge in [-0.25, -0.2) is 4.98 Å². The fourth-order valence-corrected chi connectivity index (χ4v) is 1.72. The van der Waals surface area contributed by atoms with E-state index in [1.807, 2.05) is 12.1 Å². The first-order valence-corrected chi connectivity index (χ1v) is 5.60. The summed E-state index contributed by atoms with van der Waals surface area (Å²) in [6, 6.07) is 4.00. The van der Waals surface area contributed by atoms with Gasteiger partial charge in [0.05, 0.1) is 16.8 Å². The summed E-state index contributed by atoms with van der Waals surface area (Å²) in [5, 5.41) is 0. The van der Waals surface area contributed by atoms with Gasteiger partial charge in [0.2, 0.25) is 0 Å². The zero-order chi connectivity index (χ0) is 9.97. The molecule has 0 radical (unpaired) electrons. The first-order valence-electron chi connectivity index (χ1n) is 4.52. The van der Waals surface area contributed by atoms with Gasteiger partial charge in [-0.05, 0) is 34.7 Å². The summed E-state index contributed by atoms with van der Waals surface area (Å²) in [6.45, 7) is 3.33. The summed E-state index contributed by atoms with van der Waals surface area (Å²) in [5.41, 5.74) is 5.75. The van der Waals surface area contributed by atoms with Crippen LogP contribution in [0.1, 0.15) is 0 Å². The molecular weight excluding hydrogens is 293 g/mol. The number of ether oxygens (including phenoxy) is 1. The molecular formula is C9H12IN3O. The Morgan fingerprint density at radius 1 is 1.36 bits per heavy atom. The van der Waals surface area contributed by atoms with Crippen LogP contribution in [0.3, 0.4) is 0 Å². The smallest absolute Gasteiger partial charge is 0.139 e. The number of pyridine rings is 1. The van der Waals surface area contributed by atoms with E-state index < -0.39 is 0 Å². The number of nitrogens with zero attached hydrogens (tertiary/aromatic N) is 2. The second-order valence-electron chi connectivity index (χ2n) is 3.14. The van der Waals surface area contributed by atoms with Gasteiger partial charge in [-0.15, -0.1) is 0 Å². The molecule has 1 aliphatic rings. The molecule has 1 aliphatic heterocycles. The van der Waals surface area contributed by atoms with Crippen LogP contribution in [0.4, 0.5) is 11.6 Å². The number of anilines is 2. The molecule has 0 amide bonds. The molecule has 2 heterocycles. The lowest BCUT2D eigenvalue weighted by atomic mass is 10.3. The Hall–Kier alpha value is -0.560. The van der Waals surface area contributed by atoms with Crippen molar-refractivity contribution in [3.05, 3.63) is 15.7 Å². The van der Waals surface area contributed by atoms with E-state index in [0.29, 0.717) is 5.82 Å². The van der Waals surface area contributed by atoms with E-state index >= 15 is 0 Å². The summed E-state index contributed by atoms with van der Waals surface area (Å²) >= 11 is 2.18. The summed E-state index contributed by atoms with van der Waals surface area (Å²) in [7, 11) is 0. The maximum Gasteiger partial charge on any atom is 0.139 e. The SMILES string of the molecule is Nc1nc(N2CCOCC2)ccc1I. The maximum atomic E-state index is 5.75. The van der Waals surface area contributed by atoms with E-state index in [4.69, 9.17) is 10.5 Å². The number of nitrogens with two attached hydrogens (primary N) is 1. The molecule has 76 valence electrons. The quantitative estimate of drug-likeness (QED) is 0.790. The molecule has 5 heteroatoms. The Balaban J connectivity index is 2.18. The minimum Gasteiger partial charge on any atom is -0.383 e. The highest BCUT2D eigenvalue weighted by Crippen LogP contribution is 2.18. The van der Waals surface area contributed by atoms with Gasteiger partial charge in [0.15, 0.2) is 0 Å². The molecule has 4 nitrogen and oxygen atoms in total. The van der Waals surface area contributed by atoms with Crippen LogP contribution in [0, 0.1) is 3.57 Å². The minimum atomic E-state index is 0.606. The number of hydrogen-bond acceptors (Lipinski definition) is 4. The molecule has 0 saturated carbocycles. The molecule has 0 aromatic carbocycles. The lowest BCUT2D eigenvalue weighted by Gasteiger charge is -2.27. The predicted molar refractivity (Wildman–Crippen MR) is 64.4 cm³/mol. The zero-order valence-corrected chi connectivity index (χ0v) is 9.90. The normalized spacial score (nSPS) is 17.1. The molecule has 2 rings (SSSR count). The zero-order valence-electron chi connectivity index (χ0n) is 7.74. The molecule has 0 atom stereocenters. The third kappa shape index (κ3) is 2.09. The number of hydrogen-bond donors (Lipinski definition) is 1.